The SMILES string of the molecule is CSc1ccc(-c2cccc(CN3CCc4nc(C(C)(C)C)ncc4C3)n2)cc1. The minimum absolute atomic E-state index is 0.00938. The third kappa shape index (κ3) is 4.68. The van der Waals surface area contributed by atoms with Crippen molar-refractivity contribution in [1.29, 1.82) is 0 Å². The van der Waals surface area contributed by atoms with Crippen LogP contribution in [0, 0.1) is 0 Å². The Balaban J connectivity index is 1.48. The van der Waals surface area contributed by atoms with E-state index in [1.807, 2.05) is 6.20 Å². The van der Waals surface area contributed by atoms with E-state index in [9.17, 15) is 0 Å². The number of fused-ring (bicyclic) bond motifs is 1. The molecule has 0 aliphatic carbocycles. The lowest BCUT2D eigenvalue weighted by Gasteiger charge is -2.29. The Morgan fingerprint density at radius 3 is 2.55 bits per heavy atom. The molecular formula is C24H28N4S. The lowest BCUT2D eigenvalue weighted by molar-refractivity contribution is 0.239. The van der Waals surface area contributed by atoms with Gasteiger partial charge in [-0.3, -0.25) is 9.88 Å². The Morgan fingerprint density at radius 2 is 1.83 bits per heavy atom. The van der Waals surface area contributed by atoms with Crippen molar-refractivity contribution in [3.05, 3.63) is 71.4 Å². The molecule has 0 unspecified atom stereocenters. The molecule has 0 amide bonds. The molecule has 0 spiro atoms. The largest absolute Gasteiger partial charge is 0.293 e. The lowest BCUT2D eigenvalue weighted by atomic mass is 9.95. The highest BCUT2D eigenvalue weighted by molar-refractivity contribution is 7.98. The fourth-order valence-electron chi connectivity index (χ4n) is 3.59. The van der Waals surface area contributed by atoms with Crippen LogP contribution >= 0.6 is 11.8 Å². The van der Waals surface area contributed by atoms with Gasteiger partial charge in [-0.1, -0.05) is 39.0 Å². The highest BCUT2D eigenvalue weighted by Gasteiger charge is 2.23. The van der Waals surface area contributed by atoms with E-state index in [2.05, 4.69) is 79.4 Å². The maximum absolute atomic E-state index is 4.92. The molecule has 4 nitrogen and oxygen atoms in total. The van der Waals surface area contributed by atoms with Gasteiger partial charge in [0.25, 0.3) is 0 Å². The summed E-state index contributed by atoms with van der Waals surface area (Å²) in [6.07, 6.45) is 5.09. The second kappa shape index (κ2) is 8.25. The number of hydrogen-bond acceptors (Lipinski definition) is 5. The molecular weight excluding hydrogens is 376 g/mol. The number of pyridine rings is 1. The molecule has 0 radical (unpaired) electrons. The maximum atomic E-state index is 4.92. The van der Waals surface area contributed by atoms with Gasteiger partial charge in [0.1, 0.15) is 5.82 Å². The van der Waals surface area contributed by atoms with E-state index in [1.54, 1.807) is 11.8 Å². The standard InChI is InChI=1S/C24H28N4S/c1-24(2,3)23-25-14-18-15-28(13-12-22(18)27-23)16-19-6-5-7-21(26-19)17-8-10-20(29-4)11-9-17/h5-11,14H,12-13,15-16H2,1-4H3. The Labute approximate surface area is 177 Å². The number of thioether (sulfide) groups is 1. The Kier molecular flexibility index (Phi) is 5.70. The van der Waals surface area contributed by atoms with E-state index in [-0.39, 0.29) is 5.41 Å². The van der Waals surface area contributed by atoms with Crippen LogP contribution in [-0.4, -0.2) is 32.7 Å². The first-order valence-electron chi connectivity index (χ1n) is 10.1. The quantitative estimate of drug-likeness (QED) is 0.565. The predicted molar refractivity (Wildman–Crippen MR) is 120 cm³/mol. The molecule has 0 atom stereocenters. The van der Waals surface area contributed by atoms with Crippen molar-refractivity contribution >= 4 is 11.8 Å². The van der Waals surface area contributed by atoms with Crippen molar-refractivity contribution in [1.82, 2.24) is 19.9 Å². The topological polar surface area (TPSA) is 41.9 Å². The minimum atomic E-state index is -0.00938. The van der Waals surface area contributed by atoms with Crippen molar-refractivity contribution < 1.29 is 0 Å². The molecule has 0 saturated carbocycles. The number of hydrogen-bond donors (Lipinski definition) is 0. The van der Waals surface area contributed by atoms with Gasteiger partial charge in [-0.25, -0.2) is 9.97 Å². The smallest absolute Gasteiger partial charge is 0.133 e. The fourth-order valence-corrected chi connectivity index (χ4v) is 4.00. The number of benzene rings is 1. The second-order valence-electron chi connectivity index (χ2n) is 8.62. The first-order chi connectivity index (χ1) is 13.9. The zero-order valence-corrected chi connectivity index (χ0v) is 18.5. The fraction of sp³-hybridized carbons (Fsp3) is 0.375. The van der Waals surface area contributed by atoms with Crippen LogP contribution in [0.1, 0.15) is 43.5 Å². The van der Waals surface area contributed by atoms with Gasteiger partial charge >= 0.3 is 0 Å². The number of nitrogens with zero attached hydrogens (tertiary/aromatic N) is 4. The maximum Gasteiger partial charge on any atom is 0.133 e. The van der Waals surface area contributed by atoms with Gasteiger partial charge in [-0.05, 0) is 30.5 Å². The van der Waals surface area contributed by atoms with Crippen molar-refractivity contribution in [3.8, 4) is 11.3 Å². The third-order valence-corrected chi connectivity index (χ3v) is 6.01. The Hall–Kier alpha value is -2.24. The van der Waals surface area contributed by atoms with Gasteiger partial charge < -0.3 is 0 Å². The van der Waals surface area contributed by atoms with Crippen molar-refractivity contribution in [3.63, 3.8) is 0 Å². The summed E-state index contributed by atoms with van der Waals surface area (Å²) >= 11 is 1.76. The van der Waals surface area contributed by atoms with E-state index in [1.165, 1.54) is 16.2 Å². The highest BCUT2D eigenvalue weighted by Crippen LogP contribution is 2.25. The van der Waals surface area contributed by atoms with Gasteiger partial charge in [0, 0.05) is 59.4 Å². The van der Waals surface area contributed by atoms with Crippen molar-refractivity contribution in [2.45, 2.75) is 50.6 Å². The molecule has 1 aromatic carbocycles. The molecule has 3 heterocycles. The Morgan fingerprint density at radius 1 is 1.03 bits per heavy atom. The molecule has 0 N–H and O–H groups in total. The zero-order chi connectivity index (χ0) is 20.4. The van der Waals surface area contributed by atoms with E-state index in [0.29, 0.717) is 0 Å². The molecule has 3 aromatic rings. The predicted octanol–water partition coefficient (Wildman–Crippen LogP) is 5.12. The molecule has 0 fully saturated rings. The molecule has 5 heteroatoms. The van der Waals surface area contributed by atoms with E-state index >= 15 is 0 Å². The summed E-state index contributed by atoms with van der Waals surface area (Å²) in [5, 5.41) is 0. The summed E-state index contributed by atoms with van der Waals surface area (Å²) in [7, 11) is 0. The minimum Gasteiger partial charge on any atom is -0.293 e. The summed E-state index contributed by atoms with van der Waals surface area (Å²) in [5.74, 6) is 0.937. The van der Waals surface area contributed by atoms with Crippen molar-refractivity contribution in [2.24, 2.45) is 0 Å². The van der Waals surface area contributed by atoms with Crippen LogP contribution in [-0.2, 0) is 24.9 Å². The summed E-state index contributed by atoms with van der Waals surface area (Å²) < 4.78 is 0. The van der Waals surface area contributed by atoms with Crippen LogP contribution in [0.3, 0.4) is 0 Å². The van der Waals surface area contributed by atoms with Gasteiger partial charge in [0.05, 0.1) is 11.4 Å². The molecule has 4 rings (SSSR count). The second-order valence-corrected chi connectivity index (χ2v) is 9.50. The summed E-state index contributed by atoms with van der Waals surface area (Å²) in [6.45, 7) is 9.22. The first kappa shape index (κ1) is 20.0. The molecule has 29 heavy (non-hydrogen) atoms. The van der Waals surface area contributed by atoms with E-state index < -0.39 is 0 Å². The number of aromatic nitrogens is 3. The highest BCUT2D eigenvalue weighted by atomic mass is 32.2. The van der Waals surface area contributed by atoms with Crippen LogP contribution in [0.2, 0.25) is 0 Å². The zero-order valence-electron chi connectivity index (χ0n) is 17.6. The molecule has 1 aliphatic rings. The molecule has 2 aromatic heterocycles. The molecule has 150 valence electrons. The van der Waals surface area contributed by atoms with Crippen LogP contribution in [0.4, 0.5) is 0 Å². The monoisotopic (exact) mass is 404 g/mol. The average Bonchev–Trinajstić information content (AvgIpc) is 2.73. The summed E-state index contributed by atoms with van der Waals surface area (Å²) in [4.78, 5) is 18.1. The van der Waals surface area contributed by atoms with Crippen molar-refractivity contribution in [2.75, 3.05) is 12.8 Å². The van der Waals surface area contributed by atoms with Gasteiger partial charge in [-0.2, -0.15) is 0 Å². The van der Waals surface area contributed by atoms with Crippen LogP contribution in [0.15, 0.2) is 53.6 Å². The van der Waals surface area contributed by atoms with Gasteiger partial charge in [0.2, 0.25) is 0 Å². The molecule has 0 saturated heterocycles. The van der Waals surface area contributed by atoms with Crippen LogP contribution in [0.5, 0.6) is 0 Å². The van der Waals surface area contributed by atoms with Crippen LogP contribution in [0.25, 0.3) is 11.3 Å². The first-order valence-corrected chi connectivity index (χ1v) is 11.3. The van der Waals surface area contributed by atoms with Gasteiger partial charge in [-0.15, -0.1) is 11.8 Å². The van der Waals surface area contributed by atoms with E-state index in [0.717, 1.165) is 48.8 Å². The summed E-state index contributed by atoms with van der Waals surface area (Å²) in [5.41, 5.74) is 5.74. The van der Waals surface area contributed by atoms with E-state index in [4.69, 9.17) is 9.97 Å². The normalized spacial score (nSPS) is 14.6. The molecule has 1 aliphatic heterocycles. The number of rotatable bonds is 4. The molecule has 0 bridgehead atoms. The van der Waals surface area contributed by atoms with Gasteiger partial charge in [0.15, 0.2) is 0 Å². The lowest BCUT2D eigenvalue weighted by Crippen LogP contribution is -2.32. The third-order valence-electron chi connectivity index (χ3n) is 5.26. The average molecular weight is 405 g/mol. The summed E-state index contributed by atoms with van der Waals surface area (Å²) in [6, 6.07) is 14.9. The van der Waals surface area contributed by atoms with Crippen LogP contribution < -0.4 is 0 Å². The Bertz CT molecular complexity index is 993.